The van der Waals surface area contributed by atoms with E-state index in [9.17, 15) is 9.59 Å². The normalized spacial score (nSPS) is 18.3. The van der Waals surface area contributed by atoms with E-state index in [1.165, 1.54) is 21.8 Å². The van der Waals surface area contributed by atoms with Crippen molar-refractivity contribution < 1.29 is 23.8 Å². The Balaban J connectivity index is 1.17. The molecule has 2 aliphatic carbocycles. The zero-order valence-corrected chi connectivity index (χ0v) is 16.2. The van der Waals surface area contributed by atoms with Crippen molar-refractivity contribution in [3.05, 3.63) is 39.6 Å². The Kier molecular flexibility index (Phi) is 4.27. The van der Waals surface area contributed by atoms with Gasteiger partial charge in [0, 0.05) is 29.5 Å². The van der Waals surface area contributed by atoms with E-state index < -0.39 is 11.8 Å². The van der Waals surface area contributed by atoms with Crippen LogP contribution < -0.4 is 14.8 Å². The number of rotatable bonds is 4. The highest BCUT2D eigenvalue weighted by Crippen LogP contribution is 2.47. The number of aryl methyl sites for hydroxylation is 2. The van der Waals surface area contributed by atoms with E-state index in [-0.39, 0.29) is 12.5 Å². The quantitative estimate of drug-likeness (QED) is 0.785. The third-order valence-corrected chi connectivity index (χ3v) is 6.68. The Morgan fingerprint density at radius 2 is 1.89 bits per heavy atom. The Morgan fingerprint density at radius 1 is 1.07 bits per heavy atom. The lowest BCUT2D eigenvalue weighted by atomic mass is 10.2. The minimum absolute atomic E-state index is 0.320. The summed E-state index contributed by atoms with van der Waals surface area (Å²) in [6, 6.07) is 7.22. The van der Waals surface area contributed by atoms with Gasteiger partial charge in [-0.15, -0.1) is 11.3 Å². The number of nitrogens with one attached hydrogen (secondary N) is 1. The van der Waals surface area contributed by atoms with E-state index in [4.69, 9.17) is 14.2 Å². The molecule has 1 aliphatic heterocycles. The molecular weight excluding hydrogens is 378 g/mol. The standard InChI is InChI=1S/C21H21NO5S/c23-19(12-25-20(24)18-10-13-4-3-5-17(13)28-18)22-14-6-7-15-16(11-14)27-21(26-15)8-1-2-9-21/h6-7,10-11H,1-5,8-9,12H2,(H,22,23). The molecule has 146 valence electrons. The molecule has 1 amide bonds. The monoisotopic (exact) mass is 399 g/mol. The molecule has 1 aromatic heterocycles. The Morgan fingerprint density at radius 3 is 2.71 bits per heavy atom. The SMILES string of the molecule is O=C(COC(=O)c1cc2c(s1)CCC2)Nc1ccc2c(c1)OC1(CCCC1)O2. The second-order valence-electron chi connectivity index (χ2n) is 7.52. The first-order valence-corrected chi connectivity index (χ1v) is 10.5. The van der Waals surface area contributed by atoms with Gasteiger partial charge in [-0.3, -0.25) is 4.79 Å². The fourth-order valence-corrected chi connectivity index (χ4v) is 5.27. The summed E-state index contributed by atoms with van der Waals surface area (Å²) in [7, 11) is 0. The van der Waals surface area contributed by atoms with Gasteiger partial charge in [0.25, 0.3) is 11.7 Å². The predicted octanol–water partition coefficient (Wildman–Crippen LogP) is 4.07. The van der Waals surface area contributed by atoms with E-state index in [0.717, 1.165) is 44.9 Å². The van der Waals surface area contributed by atoms with Crippen LogP contribution in [-0.2, 0) is 22.4 Å². The van der Waals surface area contributed by atoms with Gasteiger partial charge in [0.1, 0.15) is 4.88 Å². The minimum atomic E-state index is -0.526. The predicted molar refractivity (Wildman–Crippen MR) is 104 cm³/mol. The molecule has 1 spiro atoms. The van der Waals surface area contributed by atoms with Crippen LogP contribution in [0.1, 0.15) is 52.2 Å². The molecule has 1 fully saturated rings. The molecular formula is C21H21NO5S. The molecule has 7 heteroatoms. The third-order valence-electron chi connectivity index (χ3n) is 5.47. The van der Waals surface area contributed by atoms with Crippen LogP contribution in [0.25, 0.3) is 0 Å². The number of ether oxygens (including phenoxy) is 3. The highest BCUT2D eigenvalue weighted by Gasteiger charge is 2.44. The van der Waals surface area contributed by atoms with Gasteiger partial charge in [-0.1, -0.05) is 0 Å². The molecule has 2 heterocycles. The fraction of sp³-hybridized carbons (Fsp3) is 0.429. The summed E-state index contributed by atoms with van der Waals surface area (Å²) in [4.78, 5) is 26.2. The van der Waals surface area contributed by atoms with Crippen LogP contribution in [-0.4, -0.2) is 24.3 Å². The number of carbonyl (C=O) groups is 2. The molecule has 3 aliphatic rings. The molecule has 0 atom stereocenters. The molecule has 0 radical (unpaired) electrons. The van der Waals surface area contributed by atoms with Gasteiger partial charge in [0.15, 0.2) is 18.1 Å². The number of carbonyl (C=O) groups excluding carboxylic acids is 2. The summed E-state index contributed by atoms with van der Waals surface area (Å²) >= 11 is 1.47. The van der Waals surface area contributed by atoms with Crippen molar-refractivity contribution in [3.63, 3.8) is 0 Å². The number of esters is 1. The first-order chi connectivity index (χ1) is 13.6. The lowest BCUT2D eigenvalue weighted by Gasteiger charge is -2.21. The molecule has 0 bridgehead atoms. The number of anilines is 1. The second kappa shape index (κ2) is 6.81. The van der Waals surface area contributed by atoms with E-state index in [2.05, 4.69) is 5.32 Å². The van der Waals surface area contributed by atoms with Crippen molar-refractivity contribution >= 4 is 28.9 Å². The van der Waals surface area contributed by atoms with Crippen molar-refractivity contribution in [3.8, 4) is 11.5 Å². The first-order valence-electron chi connectivity index (χ1n) is 9.71. The molecule has 0 saturated heterocycles. The van der Waals surface area contributed by atoms with Gasteiger partial charge in [-0.05, 0) is 55.9 Å². The molecule has 2 aromatic rings. The summed E-state index contributed by atoms with van der Waals surface area (Å²) in [5.41, 5.74) is 1.83. The molecule has 1 aromatic carbocycles. The van der Waals surface area contributed by atoms with Crippen LogP contribution in [0, 0.1) is 0 Å². The van der Waals surface area contributed by atoms with Gasteiger partial charge in [0.2, 0.25) is 0 Å². The smallest absolute Gasteiger partial charge is 0.348 e. The van der Waals surface area contributed by atoms with Crippen LogP contribution in [0.5, 0.6) is 11.5 Å². The number of benzene rings is 1. The second-order valence-corrected chi connectivity index (χ2v) is 8.66. The van der Waals surface area contributed by atoms with Crippen LogP contribution in [0.4, 0.5) is 5.69 Å². The average molecular weight is 399 g/mol. The molecule has 1 saturated carbocycles. The Hall–Kier alpha value is -2.54. The topological polar surface area (TPSA) is 73.9 Å². The number of fused-ring (bicyclic) bond motifs is 2. The molecule has 1 N–H and O–H groups in total. The number of hydrogen-bond donors (Lipinski definition) is 1. The first kappa shape index (κ1) is 17.6. The molecule has 5 rings (SSSR count). The molecule has 28 heavy (non-hydrogen) atoms. The van der Waals surface area contributed by atoms with Crippen molar-refractivity contribution in [1.29, 1.82) is 0 Å². The van der Waals surface area contributed by atoms with E-state index in [1.807, 2.05) is 6.07 Å². The summed E-state index contributed by atoms with van der Waals surface area (Å²) < 4.78 is 17.1. The zero-order valence-electron chi connectivity index (χ0n) is 15.4. The summed E-state index contributed by atoms with van der Waals surface area (Å²) in [5.74, 6) is -0.00114. The van der Waals surface area contributed by atoms with E-state index in [1.54, 1.807) is 18.2 Å². The average Bonchev–Trinajstić information content (AvgIpc) is 3.43. The summed E-state index contributed by atoms with van der Waals surface area (Å²) in [6.07, 6.45) is 7.14. The number of hydrogen-bond acceptors (Lipinski definition) is 6. The van der Waals surface area contributed by atoms with Crippen molar-refractivity contribution in [2.24, 2.45) is 0 Å². The van der Waals surface area contributed by atoms with Crippen LogP contribution >= 0.6 is 11.3 Å². The van der Waals surface area contributed by atoms with Gasteiger partial charge in [-0.2, -0.15) is 0 Å². The van der Waals surface area contributed by atoms with Crippen LogP contribution in [0.15, 0.2) is 24.3 Å². The number of amides is 1. The van der Waals surface area contributed by atoms with Gasteiger partial charge >= 0.3 is 5.97 Å². The van der Waals surface area contributed by atoms with Gasteiger partial charge < -0.3 is 19.5 Å². The lowest BCUT2D eigenvalue weighted by Crippen LogP contribution is -2.34. The van der Waals surface area contributed by atoms with Gasteiger partial charge in [0.05, 0.1) is 0 Å². The Labute approximate surface area is 166 Å². The highest BCUT2D eigenvalue weighted by atomic mass is 32.1. The molecule has 0 unspecified atom stereocenters. The van der Waals surface area contributed by atoms with Gasteiger partial charge in [-0.25, -0.2) is 4.79 Å². The lowest BCUT2D eigenvalue weighted by molar-refractivity contribution is -0.119. The highest BCUT2D eigenvalue weighted by molar-refractivity contribution is 7.14. The molecule has 6 nitrogen and oxygen atoms in total. The minimum Gasteiger partial charge on any atom is -0.451 e. The van der Waals surface area contributed by atoms with Crippen molar-refractivity contribution in [1.82, 2.24) is 0 Å². The summed E-state index contributed by atoms with van der Waals surface area (Å²) in [5, 5.41) is 2.75. The van der Waals surface area contributed by atoms with Crippen molar-refractivity contribution in [2.75, 3.05) is 11.9 Å². The maximum Gasteiger partial charge on any atom is 0.348 e. The fourth-order valence-electron chi connectivity index (χ4n) is 4.12. The van der Waals surface area contributed by atoms with Crippen molar-refractivity contribution in [2.45, 2.75) is 50.7 Å². The largest absolute Gasteiger partial charge is 0.451 e. The maximum absolute atomic E-state index is 12.2. The van der Waals surface area contributed by atoms with E-state index in [0.29, 0.717) is 22.1 Å². The zero-order chi connectivity index (χ0) is 19.1. The summed E-state index contributed by atoms with van der Waals surface area (Å²) in [6.45, 7) is -0.320. The third kappa shape index (κ3) is 3.24. The Bertz CT molecular complexity index is 923. The van der Waals surface area contributed by atoms with E-state index >= 15 is 0 Å². The maximum atomic E-state index is 12.2. The number of thiophene rings is 1. The van der Waals surface area contributed by atoms with Crippen LogP contribution in [0.2, 0.25) is 0 Å². The van der Waals surface area contributed by atoms with Crippen LogP contribution in [0.3, 0.4) is 0 Å².